The molecule has 0 spiro atoms. The van der Waals surface area contributed by atoms with Crippen molar-refractivity contribution in [1.82, 2.24) is 19.5 Å². The van der Waals surface area contributed by atoms with Crippen LogP contribution in [0.1, 0.15) is 27.0 Å². The summed E-state index contributed by atoms with van der Waals surface area (Å²) in [6.07, 6.45) is -4.70. The lowest BCUT2D eigenvalue weighted by molar-refractivity contribution is -0.184. The average molecular weight is 469 g/mol. The van der Waals surface area contributed by atoms with Gasteiger partial charge in [-0.2, -0.15) is 0 Å². The van der Waals surface area contributed by atoms with E-state index in [-0.39, 0.29) is 22.8 Å². The second-order valence-electron chi connectivity index (χ2n) is 8.21. The van der Waals surface area contributed by atoms with Crippen LogP contribution in [0, 0.1) is 0 Å². The molecule has 12 heteroatoms. The molecule has 1 unspecified atom stereocenters. The second kappa shape index (κ2) is 8.02. The number of aliphatic hydroxyl groups excluding tert-OH is 1. The molecule has 0 amide bonds. The van der Waals surface area contributed by atoms with E-state index >= 15 is 0 Å². The van der Waals surface area contributed by atoms with E-state index in [1.165, 1.54) is 4.57 Å². The molecule has 1 aliphatic heterocycles. The Kier molecular flexibility index (Phi) is 5.56. The first kappa shape index (κ1) is 23.6. The minimum atomic E-state index is -2.97. The van der Waals surface area contributed by atoms with Gasteiger partial charge in [-0.1, -0.05) is 30.3 Å². The van der Waals surface area contributed by atoms with E-state index in [0.717, 1.165) is 27.1 Å². The third kappa shape index (κ3) is 3.07. The summed E-state index contributed by atoms with van der Waals surface area (Å²) in [5.74, 6) is -2.86. The molecule has 1 fully saturated rings. The maximum atomic E-state index is 12.9. The number of fused-ring (bicyclic) bond motifs is 1. The number of benzene rings is 1. The molecule has 3 aromatic rings. The van der Waals surface area contributed by atoms with Crippen LogP contribution in [0.15, 0.2) is 36.7 Å². The van der Waals surface area contributed by atoms with Crippen LogP contribution in [0.25, 0.3) is 22.6 Å². The fourth-order valence-electron chi connectivity index (χ4n) is 4.35. The summed E-state index contributed by atoms with van der Waals surface area (Å²) >= 11 is 0. The Hall–Kier alpha value is -3.58. The van der Waals surface area contributed by atoms with Gasteiger partial charge >= 0.3 is 0 Å². The van der Waals surface area contributed by atoms with E-state index in [1.54, 1.807) is 30.3 Å². The van der Waals surface area contributed by atoms with Gasteiger partial charge in [0.1, 0.15) is 24.4 Å². The molecule has 1 aromatic carbocycles. The summed E-state index contributed by atoms with van der Waals surface area (Å²) in [7, 11) is 0. The van der Waals surface area contributed by atoms with Gasteiger partial charge < -0.3 is 25.8 Å². The molecule has 0 saturated carbocycles. The number of anilines is 1. The third-order valence-corrected chi connectivity index (χ3v) is 6.17. The quantitative estimate of drug-likeness (QED) is 0.366. The summed E-state index contributed by atoms with van der Waals surface area (Å²) in [4.78, 5) is 50.1. The van der Waals surface area contributed by atoms with Crippen molar-refractivity contribution in [3.05, 3.63) is 36.7 Å². The Morgan fingerprint density at radius 1 is 1.06 bits per heavy atom. The van der Waals surface area contributed by atoms with Gasteiger partial charge in [-0.05, 0) is 20.8 Å². The number of hydrogen-bond acceptors (Lipinski definition) is 11. The van der Waals surface area contributed by atoms with Gasteiger partial charge in [-0.15, -0.1) is 0 Å². The number of nitrogens with zero attached hydrogens (tertiary/aromatic N) is 4. The van der Waals surface area contributed by atoms with Crippen LogP contribution in [-0.2, 0) is 19.1 Å². The van der Waals surface area contributed by atoms with Gasteiger partial charge in [-0.3, -0.25) is 19.0 Å². The van der Waals surface area contributed by atoms with Crippen LogP contribution in [0.2, 0.25) is 0 Å². The zero-order valence-electron chi connectivity index (χ0n) is 18.5. The maximum Gasteiger partial charge on any atom is 0.206 e. The average Bonchev–Trinajstić information content (AvgIpc) is 3.29. The highest BCUT2D eigenvalue weighted by atomic mass is 16.6. The number of nitrogen functional groups attached to an aromatic ring is 1. The lowest BCUT2D eigenvalue weighted by Crippen LogP contribution is -2.67. The first-order chi connectivity index (χ1) is 16.0. The zero-order chi connectivity index (χ0) is 25.0. The molecule has 34 heavy (non-hydrogen) atoms. The Morgan fingerprint density at radius 2 is 1.68 bits per heavy atom. The van der Waals surface area contributed by atoms with Crippen LogP contribution in [0.5, 0.6) is 0 Å². The highest BCUT2D eigenvalue weighted by Crippen LogP contribution is 2.50. The van der Waals surface area contributed by atoms with E-state index in [4.69, 9.17) is 10.5 Å². The normalized spacial score (nSPS) is 27.6. The molecule has 0 bridgehead atoms. The highest BCUT2D eigenvalue weighted by Gasteiger charge is 2.73. The largest absolute Gasteiger partial charge is 0.382 e. The minimum absolute atomic E-state index is 0.00700. The first-order valence-corrected chi connectivity index (χ1v) is 10.3. The number of carbonyl (C=O) groups excluding carboxylic acids is 3. The van der Waals surface area contributed by atoms with Crippen LogP contribution in [0.3, 0.4) is 0 Å². The molecule has 5 N–H and O–H groups in total. The van der Waals surface area contributed by atoms with Crippen molar-refractivity contribution in [2.45, 2.75) is 50.4 Å². The summed E-state index contributed by atoms with van der Waals surface area (Å²) in [5, 5.41) is 33.6. The van der Waals surface area contributed by atoms with Crippen molar-refractivity contribution in [1.29, 1.82) is 0 Å². The van der Waals surface area contributed by atoms with E-state index in [2.05, 4.69) is 15.0 Å². The number of ketones is 3. The molecule has 178 valence electrons. The highest BCUT2D eigenvalue weighted by molar-refractivity contribution is 6.00. The number of rotatable bonds is 6. The van der Waals surface area contributed by atoms with Gasteiger partial charge in [0.05, 0.1) is 0 Å². The molecule has 4 rings (SSSR count). The summed E-state index contributed by atoms with van der Waals surface area (Å²) in [6.45, 7) is 2.89. The van der Waals surface area contributed by atoms with Gasteiger partial charge in [-0.25, -0.2) is 15.0 Å². The topological polar surface area (TPSA) is 191 Å². The summed E-state index contributed by atoms with van der Waals surface area (Å²) in [5.41, 5.74) is 0.699. The Morgan fingerprint density at radius 3 is 2.24 bits per heavy atom. The number of Topliss-reactive ketones (excluding diaryl/α,β-unsaturated/α-hetero) is 3. The Balaban J connectivity index is 2.08. The standard InChI is InChI=1S/C22H23N5O7/c1-10(28)15(31)16-21(32,11(2)29)22(33,12(3)30)20(34-16)27-18(13-7-5-4-6-8-13)26-14-17(23)24-9-25-19(14)27/h4-9,15-16,20,31-33H,1-3H3,(H2,23,24,25)/t15?,16-,20-,21-,22+/m1/s1. The fraction of sp³-hybridized carbons (Fsp3) is 0.364. The Labute approximate surface area is 193 Å². The molecular formula is C22H23N5O7. The number of carbonyl (C=O) groups is 3. The van der Waals surface area contributed by atoms with Crippen molar-refractivity contribution in [3.8, 4) is 11.4 Å². The molecule has 3 heterocycles. The molecule has 12 nitrogen and oxygen atoms in total. The van der Waals surface area contributed by atoms with Gasteiger partial charge in [0, 0.05) is 5.56 Å². The number of aromatic nitrogens is 4. The van der Waals surface area contributed by atoms with Crippen molar-refractivity contribution < 1.29 is 34.4 Å². The number of imidazole rings is 1. The summed E-state index contributed by atoms with van der Waals surface area (Å²) in [6, 6.07) is 8.56. The molecule has 0 radical (unpaired) electrons. The maximum absolute atomic E-state index is 12.9. The number of ether oxygens (including phenoxy) is 1. The SMILES string of the molecule is CC(=O)C(O)[C@H]1O[C@@H](n2c(-c3ccccc3)nc3c(N)ncnc32)[C@@](O)(C(C)=O)[C@@]1(O)C(C)=O. The van der Waals surface area contributed by atoms with Gasteiger partial charge in [0.25, 0.3) is 0 Å². The van der Waals surface area contributed by atoms with Crippen LogP contribution in [-0.4, -0.2) is 75.6 Å². The molecular weight excluding hydrogens is 446 g/mol. The van der Waals surface area contributed by atoms with E-state index in [9.17, 15) is 29.7 Å². The van der Waals surface area contributed by atoms with Crippen LogP contribution >= 0.6 is 0 Å². The van der Waals surface area contributed by atoms with Crippen molar-refractivity contribution in [3.63, 3.8) is 0 Å². The van der Waals surface area contributed by atoms with Crippen molar-refractivity contribution in [2.24, 2.45) is 0 Å². The lowest BCUT2D eigenvalue weighted by Gasteiger charge is -2.38. The smallest absolute Gasteiger partial charge is 0.206 e. The predicted octanol–water partition coefficient (Wildman–Crippen LogP) is -0.437. The number of aliphatic hydroxyl groups is 3. The summed E-state index contributed by atoms with van der Waals surface area (Å²) < 4.78 is 7.00. The van der Waals surface area contributed by atoms with Gasteiger partial charge in [0.15, 0.2) is 46.2 Å². The van der Waals surface area contributed by atoms with Crippen LogP contribution in [0.4, 0.5) is 5.82 Å². The minimum Gasteiger partial charge on any atom is -0.382 e. The van der Waals surface area contributed by atoms with Crippen LogP contribution < -0.4 is 5.73 Å². The van der Waals surface area contributed by atoms with Crippen molar-refractivity contribution in [2.75, 3.05) is 5.73 Å². The third-order valence-electron chi connectivity index (χ3n) is 6.17. The molecule has 1 aliphatic rings. The van der Waals surface area contributed by atoms with Crippen molar-refractivity contribution >= 4 is 34.3 Å². The predicted molar refractivity (Wildman–Crippen MR) is 117 cm³/mol. The molecule has 5 atom stereocenters. The molecule has 1 saturated heterocycles. The Bertz CT molecular complexity index is 1310. The molecule has 2 aromatic heterocycles. The zero-order valence-corrected chi connectivity index (χ0v) is 18.5. The monoisotopic (exact) mass is 469 g/mol. The van der Waals surface area contributed by atoms with E-state index in [1.807, 2.05) is 0 Å². The molecule has 0 aliphatic carbocycles. The number of nitrogens with two attached hydrogens (primary N) is 1. The van der Waals surface area contributed by atoms with E-state index < -0.39 is 47.0 Å². The first-order valence-electron chi connectivity index (χ1n) is 10.3. The second-order valence-corrected chi connectivity index (χ2v) is 8.21. The van der Waals surface area contributed by atoms with Gasteiger partial charge in [0.2, 0.25) is 5.60 Å². The fourth-order valence-corrected chi connectivity index (χ4v) is 4.35. The number of hydrogen-bond donors (Lipinski definition) is 4. The van der Waals surface area contributed by atoms with E-state index in [0.29, 0.717) is 5.56 Å². The lowest BCUT2D eigenvalue weighted by atomic mass is 9.73.